The van der Waals surface area contributed by atoms with Gasteiger partial charge in [-0.25, -0.2) is 0 Å². The molecule has 1 aromatic rings. The first-order valence-corrected chi connectivity index (χ1v) is 7.39. The number of halogens is 1. The van der Waals surface area contributed by atoms with Gasteiger partial charge in [0, 0.05) is 29.1 Å². The van der Waals surface area contributed by atoms with E-state index in [1.807, 2.05) is 0 Å². The highest BCUT2D eigenvalue weighted by Crippen LogP contribution is 2.37. The van der Waals surface area contributed by atoms with E-state index in [1.165, 1.54) is 18.4 Å². The van der Waals surface area contributed by atoms with E-state index in [2.05, 4.69) is 59.4 Å². The van der Waals surface area contributed by atoms with Gasteiger partial charge in [-0.05, 0) is 36.5 Å². The number of benzene rings is 1. The smallest absolute Gasteiger partial charge is 0.0494 e. The number of aliphatic hydroxyl groups is 1. The molecule has 0 bridgehead atoms. The van der Waals surface area contributed by atoms with Crippen LogP contribution in [0.25, 0.3) is 0 Å². The molecule has 0 heterocycles. The van der Waals surface area contributed by atoms with Crippen molar-refractivity contribution in [2.24, 2.45) is 5.41 Å². The van der Waals surface area contributed by atoms with Crippen molar-refractivity contribution in [2.45, 2.75) is 38.6 Å². The number of hydrogen-bond donors (Lipinski definition) is 2. The second kappa shape index (κ2) is 5.72. The second-order valence-corrected chi connectivity index (χ2v) is 7.04. The Morgan fingerprint density at radius 1 is 1.28 bits per heavy atom. The molecular formula is C15H22BrNO. The SMILES string of the molecule is CC(C)(CO)CNC1CC(c2ccc(Br)cc2)C1. The topological polar surface area (TPSA) is 32.3 Å². The molecule has 3 heteroatoms. The normalized spacial score (nSPS) is 23.8. The van der Waals surface area contributed by atoms with Gasteiger partial charge in [-0.2, -0.15) is 0 Å². The largest absolute Gasteiger partial charge is 0.396 e. The molecule has 0 amide bonds. The molecule has 1 saturated carbocycles. The highest BCUT2D eigenvalue weighted by atomic mass is 79.9. The van der Waals surface area contributed by atoms with Gasteiger partial charge in [0.05, 0.1) is 0 Å². The zero-order valence-electron chi connectivity index (χ0n) is 11.1. The van der Waals surface area contributed by atoms with Crippen LogP contribution < -0.4 is 5.32 Å². The summed E-state index contributed by atoms with van der Waals surface area (Å²) in [7, 11) is 0. The number of nitrogens with one attached hydrogen (secondary N) is 1. The summed E-state index contributed by atoms with van der Waals surface area (Å²) in [5.74, 6) is 0.702. The monoisotopic (exact) mass is 311 g/mol. The van der Waals surface area contributed by atoms with E-state index in [9.17, 15) is 5.11 Å². The predicted molar refractivity (Wildman–Crippen MR) is 78.8 cm³/mol. The first-order valence-electron chi connectivity index (χ1n) is 6.60. The number of aliphatic hydroxyl groups excluding tert-OH is 1. The highest BCUT2D eigenvalue weighted by Gasteiger charge is 2.31. The molecule has 2 rings (SSSR count). The fraction of sp³-hybridized carbons (Fsp3) is 0.600. The van der Waals surface area contributed by atoms with Crippen LogP contribution in [0.2, 0.25) is 0 Å². The van der Waals surface area contributed by atoms with Gasteiger partial charge in [0.15, 0.2) is 0 Å². The number of rotatable bonds is 5. The summed E-state index contributed by atoms with van der Waals surface area (Å²) in [6.07, 6.45) is 2.42. The first-order chi connectivity index (χ1) is 8.50. The fourth-order valence-corrected chi connectivity index (χ4v) is 2.53. The minimum atomic E-state index is -0.0112. The van der Waals surface area contributed by atoms with Crippen molar-refractivity contribution in [3.05, 3.63) is 34.3 Å². The third-order valence-corrected chi connectivity index (χ3v) is 4.31. The maximum absolute atomic E-state index is 9.21. The molecule has 1 aliphatic carbocycles. The van der Waals surface area contributed by atoms with Crippen molar-refractivity contribution in [1.29, 1.82) is 0 Å². The Morgan fingerprint density at radius 2 is 1.89 bits per heavy atom. The van der Waals surface area contributed by atoms with Gasteiger partial charge in [0.1, 0.15) is 0 Å². The molecule has 2 nitrogen and oxygen atoms in total. The van der Waals surface area contributed by atoms with Crippen molar-refractivity contribution < 1.29 is 5.11 Å². The van der Waals surface area contributed by atoms with E-state index in [-0.39, 0.29) is 12.0 Å². The Labute approximate surface area is 118 Å². The zero-order valence-corrected chi connectivity index (χ0v) is 12.7. The number of hydrogen-bond acceptors (Lipinski definition) is 2. The molecule has 18 heavy (non-hydrogen) atoms. The lowest BCUT2D eigenvalue weighted by Gasteiger charge is -2.38. The van der Waals surface area contributed by atoms with Gasteiger partial charge < -0.3 is 10.4 Å². The van der Waals surface area contributed by atoms with Crippen LogP contribution in [0.15, 0.2) is 28.7 Å². The molecule has 1 aliphatic rings. The van der Waals surface area contributed by atoms with Crippen LogP contribution in [0.4, 0.5) is 0 Å². The molecule has 100 valence electrons. The maximum Gasteiger partial charge on any atom is 0.0494 e. The Morgan fingerprint density at radius 3 is 2.44 bits per heavy atom. The van der Waals surface area contributed by atoms with Crippen molar-refractivity contribution in [2.75, 3.05) is 13.2 Å². The molecule has 0 spiro atoms. The van der Waals surface area contributed by atoms with Crippen LogP contribution in [0.1, 0.15) is 38.2 Å². The van der Waals surface area contributed by atoms with E-state index in [4.69, 9.17) is 0 Å². The summed E-state index contributed by atoms with van der Waals surface area (Å²) >= 11 is 3.46. The summed E-state index contributed by atoms with van der Waals surface area (Å²) in [6.45, 7) is 5.31. The molecule has 0 unspecified atom stereocenters. The molecule has 0 aliphatic heterocycles. The van der Waals surface area contributed by atoms with Crippen LogP contribution in [-0.4, -0.2) is 24.3 Å². The third kappa shape index (κ3) is 3.56. The lowest BCUT2D eigenvalue weighted by Crippen LogP contribution is -2.44. The minimum Gasteiger partial charge on any atom is -0.396 e. The van der Waals surface area contributed by atoms with Crippen molar-refractivity contribution in [3.8, 4) is 0 Å². The van der Waals surface area contributed by atoms with Gasteiger partial charge in [-0.1, -0.05) is 41.9 Å². The van der Waals surface area contributed by atoms with Gasteiger partial charge in [-0.3, -0.25) is 0 Å². The van der Waals surface area contributed by atoms with Crippen molar-refractivity contribution in [3.63, 3.8) is 0 Å². The average Bonchev–Trinajstić information content (AvgIpc) is 2.29. The Bertz CT molecular complexity index is 382. The lowest BCUT2D eigenvalue weighted by molar-refractivity contribution is 0.143. The van der Waals surface area contributed by atoms with Crippen molar-refractivity contribution in [1.82, 2.24) is 5.32 Å². The Kier molecular flexibility index (Phi) is 4.46. The summed E-state index contributed by atoms with van der Waals surface area (Å²) in [5.41, 5.74) is 1.43. The highest BCUT2D eigenvalue weighted by molar-refractivity contribution is 9.10. The predicted octanol–water partition coefficient (Wildman–Crippen LogP) is 3.30. The first kappa shape index (κ1) is 14.0. The van der Waals surface area contributed by atoms with Gasteiger partial charge in [0.25, 0.3) is 0 Å². The quantitative estimate of drug-likeness (QED) is 0.874. The summed E-state index contributed by atoms with van der Waals surface area (Å²) in [5, 5.41) is 12.8. The van der Waals surface area contributed by atoms with Gasteiger partial charge in [0.2, 0.25) is 0 Å². The zero-order chi connectivity index (χ0) is 13.2. The fourth-order valence-electron chi connectivity index (χ4n) is 2.27. The molecule has 2 N–H and O–H groups in total. The van der Waals surface area contributed by atoms with Crippen LogP contribution in [0.5, 0.6) is 0 Å². The third-order valence-electron chi connectivity index (χ3n) is 3.78. The van der Waals surface area contributed by atoms with E-state index in [0.29, 0.717) is 12.0 Å². The van der Waals surface area contributed by atoms with E-state index < -0.39 is 0 Å². The van der Waals surface area contributed by atoms with Crippen LogP contribution in [-0.2, 0) is 0 Å². The average molecular weight is 312 g/mol. The van der Waals surface area contributed by atoms with Crippen LogP contribution >= 0.6 is 15.9 Å². The summed E-state index contributed by atoms with van der Waals surface area (Å²) in [6, 6.07) is 9.27. The molecule has 0 radical (unpaired) electrons. The van der Waals surface area contributed by atoms with Crippen LogP contribution in [0, 0.1) is 5.41 Å². The molecule has 0 aromatic heterocycles. The minimum absolute atomic E-state index is 0.0112. The van der Waals surface area contributed by atoms with Crippen LogP contribution in [0.3, 0.4) is 0 Å². The molecule has 0 saturated heterocycles. The molecule has 0 atom stereocenters. The summed E-state index contributed by atoms with van der Waals surface area (Å²) in [4.78, 5) is 0. The van der Waals surface area contributed by atoms with E-state index >= 15 is 0 Å². The molecular weight excluding hydrogens is 290 g/mol. The maximum atomic E-state index is 9.21. The Balaban J connectivity index is 1.75. The van der Waals surface area contributed by atoms with E-state index in [1.54, 1.807) is 0 Å². The summed E-state index contributed by atoms with van der Waals surface area (Å²) < 4.78 is 1.14. The van der Waals surface area contributed by atoms with Gasteiger partial charge in [-0.15, -0.1) is 0 Å². The molecule has 1 fully saturated rings. The standard InChI is InChI=1S/C15H22BrNO/c1-15(2,10-18)9-17-14-7-12(8-14)11-3-5-13(16)6-4-11/h3-6,12,14,17-18H,7-10H2,1-2H3. The van der Waals surface area contributed by atoms with E-state index in [0.717, 1.165) is 11.0 Å². The second-order valence-electron chi connectivity index (χ2n) is 6.12. The van der Waals surface area contributed by atoms with Gasteiger partial charge >= 0.3 is 0 Å². The van der Waals surface area contributed by atoms with Crippen molar-refractivity contribution >= 4 is 15.9 Å². The molecule has 1 aromatic carbocycles. The Hall–Kier alpha value is -0.380. The lowest BCUT2D eigenvalue weighted by atomic mass is 9.75.